The molecule has 3 nitrogen and oxygen atoms in total. The number of rotatable bonds is 3. The largest absolute Gasteiger partial charge is 0.333 e. The van der Waals surface area contributed by atoms with E-state index < -0.39 is 0 Å². The number of benzene rings is 1. The summed E-state index contributed by atoms with van der Waals surface area (Å²) < 4.78 is 0. The lowest BCUT2D eigenvalue weighted by Gasteiger charge is -2.21. The molecule has 1 aromatic carbocycles. The van der Waals surface area contributed by atoms with Gasteiger partial charge in [0.05, 0.1) is 11.0 Å². The first-order valence-corrected chi connectivity index (χ1v) is 8.01. The highest BCUT2D eigenvalue weighted by Gasteiger charge is 2.14. The molecule has 0 unspecified atom stereocenters. The second kappa shape index (κ2) is 5.55. The number of piperidine rings is 1. The summed E-state index contributed by atoms with van der Waals surface area (Å²) in [6, 6.07) is 4.38. The van der Waals surface area contributed by atoms with E-state index in [0.717, 1.165) is 22.1 Å². The lowest BCUT2D eigenvalue weighted by Crippen LogP contribution is -2.28. The molecular weight excluding hydrogens is 254 g/mol. The summed E-state index contributed by atoms with van der Waals surface area (Å²) in [6.07, 6.45) is 2.59. The smallest absolute Gasteiger partial charge is 0.166 e. The van der Waals surface area contributed by atoms with Crippen LogP contribution in [0.3, 0.4) is 0 Å². The summed E-state index contributed by atoms with van der Waals surface area (Å²) in [7, 11) is 0. The molecule has 2 N–H and O–H groups in total. The fourth-order valence-corrected chi connectivity index (χ4v) is 3.63. The van der Waals surface area contributed by atoms with E-state index in [1.165, 1.54) is 42.8 Å². The molecule has 102 valence electrons. The van der Waals surface area contributed by atoms with Crippen molar-refractivity contribution in [3.8, 4) is 0 Å². The van der Waals surface area contributed by atoms with E-state index in [1.807, 2.05) is 11.8 Å². The molecule has 0 radical (unpaired) electrons. The number of hydrogen-bond donors (Lipinski definition) is 2. The Morgan fingerprint density at radius 3 is 2.74 bits per heavy atom. The fraction of sp³-hybridized carbons (Fsp3) is 0.533. The Balaban J connectivity index is 1.70. The summed E-state index contributed by atoms with van der Waals surface area (Å²) >= 11 is 1.87. The Bertz CT molecular complexity index is 531. The zero-order valence-corrected chi connectivity index (χ0v) is 12.4. The van der Waals surface area contributed by atoms with Crippen LogP contribution in [0.4, 0.5) is 0 Å². The first-order valence-electron chi connectivity index (χ1n) is 7.03. The number of nitrogens with zero attached hydrogens (tertiary/aromatic N) is 1. The monoisotopic (exact) mass is 275 g/mol. The van der Waals surface area contributed by atoms with Crippen molar-refractivity contribution in [1.82, 2.24) is 15.3 Å². The van der Waals surface area contributed by atoms with Crippen molar-refractivity contribution in [1.29, 1.82) is 0 Å². The maximum atomic E-state index is 4.69. The lowest BCUT2D eigenvalue weighted by atomic mass is 10.0. The van der Waals surface area contributed by atoms with E-state index in [0.29, 0.717) is 0 Å². The van der Waals surface area contributed by atoms with E-state index in [1.54, 1.807) is 0 Å². The molecular formula is C15H21N3S. The van der Waals surface area contributed by atoms with Crippen LogP contribution in [-0.4, -0.2) is 28.8 Å². The Kier molecular flexibility index (Phi) is 3.80. The average molecular weight is 275 g/mol. The van der Waals surface area contributed by atoms with Crippen LogP contribution in [0.5, 0.6) is 0 Å². The minimum Gasteiger partial charge on any atom is -0.333 e. The summed E-state index contributed by atoms with van der Waals surface area (Å²) in [6.45, 7) is 6.64. The Labute approximate surface area is 118 Å². The van der Waals surface area contributed by atoms with E-state index in [9.17, 15) is 0 Å². The summed E-state index contributed by atoms with van der Waals surface area (Å²) in [5.41, 5.74) is 4.90. The van der Waals surface area contributed by atoms with Crippen molar-refractivity contribution in [2.24, 2.45) is 5.92 Å². The van der Waals surface area contributed by atoms with Crippen LogP contribution in [0, 0.1) is 19.8 Å². The Morgan fingerprint density at radius 2 is 1.95 bits per heavy atom. The molecule has 0 saturated carbocycles. The molecule has 0 atom stereocenters. The highest BCUT2D eigenvalue weighted by molar-refractivity contribution is 7.99. The number of aryl methyl sites for hydroxylation is 2. The number of imidazole rings is 1. The van der Waals surface area contributed by atoms with Gasteiger partial charge in [-0.15, -0.1) is 0 Å². The van der Waals surface area contributed by atoms with Crippen LogP contribution >= 0.6 is 11.8 Å². The maximum Gasteiger partial charge on any atom is 0.166 e. The molecule has 3 rings (SSSR count). The molecule has 2 heterocycles. The van der Waals surface area contributed by atoms with Crippen molar-refractivity contribution < 1.29 is 0 Å². The van der Waals surface area contributed by atoms with E-state index in [4.69, 9.17) is 4.98 Å². The van der Waals surface area contributed by atoms with Crippen molar-refractivity contribution in [3.63, 3.8) is 0 Å². The quantitative estimate of drug-likeness (QED) is 0.845. The summed E-state index contributed by atoms with van der Waals surface area (Å²) in [5.74, 6) is 2.02. The van der Waals surface area contributed by atoms with Crippen molar-refractivity contribution >= 4 is 22.8 Å². The predicted octanol–water partition coefficient (Wildman–Crippen LogP) is 3.27. The van der Waals surface area contributed by atoms with Crippen LogP contribution in [0.2, 0.25) is 0 Å². The van der Waals surface area contributed by atoms with Gasteiger partial charge in [0, 0.05) is 5.75 Å². The van der Waals surface area contributed by atoms with Gasteiger partial charge in [-0.2, -0.15) is 0 Å². The van der Waals surface area contributed by atoms with Crippen molar-refractivity contribution in [2.45, 2.75) is 31.8 Å². The molecule has 1 saturated heterocycles. The van der Waals surface area contributed by atoms with E-state index in [2.05, 4.69) is 36.3 Å². The molecule has 0 bridgehead atoms. The summed E-state index contributed by atoms with van der Waals surface area (Å²) in [5, 5.41) is 4.48. The fourth-order valence-electron chi connectivity index (χ4n) is 2.56. The number of fused-ring (bicyclic) bond motifs is 1. The van der Waals surface area contributed by atoms with Gasteiger partial charge in [0.2, 0.25) is 0 Å². The molecule has 2 aromatic rings. The molecule has 4 heteroatoms. The number of H-pyrrole nitrogens is 1. The molecule has 1 aliphatic heterocycles. The van der Waals surface area contributed by atoms with Gasteiger partial charge in [-0.25, -0.2) is 4.98 Å². The van der Waals surface area contributed by atoms with Gasteiger partial charge >= 0.3 is 0 Å². The molecule has 1 aliphatic rings. The molecule has 0 spiro atoms. The number of thioether (sulfide) groups is 1. The maximum absolute atomic E-state index is 4.69. The Morgan fingerprint density at radius 1 is 1.21 bits per heavy atom. The van der Waals surface area contributed by atoms with Crippen molar-refractivity contribution in [3.05, 3.63) is 23.3 Å². The number of nitrogens with one attached hydrogen (secondary N) is 2. The minimum absolute atomic E-state index is 0.836. The van der Waals surface area contributed by atoms with Gasteiger partial charge in [-0.1, -0.05) is 11.8 Å². The zero-order valence-electron chi connectivity index (χ0n) is 11.6. The van der Waals surface area contributed by atoms with Gasteiger partial charge in [-0.05, 0) is 69.0 Å². The second-order valence-electron chi connectivity index (χ2n) is 5.50. The van der Waals surface area contributed by atoms with Gasteiger partial charge < -0.3 is 10.3 Å². The third-order valence-electron chi connectivity index (χ3n) is 3.99. The van der Waals surface area contributed by atoms with E-state index in [-0.39, 0.29) is 0 Å². The number of hydrogen-bond acceptors (Lipinski definition) is 3. The molecule has 19 heavy (non-hydrogen) atoms. The highest BCUT2D eigenvalue weighted by atomic mass is 32.2. The van der Waals surface area contributed by atoms with E-state index >= 15 is 0 Å². The number of aromatic nitrogens is 2. The average Bonchev–Trinajstić information content (AvgIpc) is 2.80. The third-order valence-corrected chi connectivity index (χ3v) is 5.09. The third kappa shape index (κ3) is 2.95. The van der Waals surface area contributed by atoms with Crippen LogP contribution in [0.15, 0.2) is 17.3 Å². The Hall–Kier alpha value is -1.00. The lowest BCUT2D eigenvalue weighted by molar-refractivity contribution is 0.407. The first kappa shape index (κ1) is 13.0. The molecule has 0 amide bonds. The van der Waals surface area contributed by atoms with Gasteiger partial charge in [-0.3, -0.25) is 0 Å². The molecule has 1 aromatic heterocycles. The summed E-state index contributed by atoms with van der Waals surface area (Å²) in [4.78, 5) is 8.13. The van der Waals surface area contributed by atoms with Gasteiger partial charge in [0.25, 0.3) is 0 Å². The van der Waals surface area contributed by atoms with Gasteiger partial charge in [0.15, 0.2) is 5.16 Å². The first-order chi connectivity index (χ1) is 9.22. The number of aromatic amines is 1. The van der Waals surface area contributed by atoms with Crippen LogP contribution in [-0.2, 0) is 0 Å². The SMILES string of the molecule is Cc1cc2nc(SCC3CCNCC3)[nH]c2cc1C. The van der Waals surface area contributed by atoms with Crippen molar-refractivity contribution in [2.75, 3.05) is 18.8 Å². The van der Waals surface area contributed by atoms with Crippen LogP contribution in [0.1, 0.15) is 24.0 Å². The topological polar surface area (TPSA) is 40.7 Å². The van der Waals surface area contributed by atoms with Crippen LogP contribution < -0.4 is 5.32 Å². The van der Waals surface area contributed by atoms with Crippen LogP contribution in [0.25, 0.3) is 11.0 Å². The standard InChI is InChI=1S/C15H21N3S/c1-10-7-13-14(8-11(10)2)18-15(17-13)19-9-12-3-5-16-6-4-12/h7-8,12,16H,3-6,9H2,1-2H3,(H,17,18). The zero-order chi connectivity index (χ0) is 13.2. The highest BCUT2D eigenvalue weighted by Crippen LogP contribution is 2.26. The molecule has 0 aliphatic carbocycles. The predicted molar refractivity (Wildman–Crippen MR) is 81.9 cm³/mol. The normalized spacial score (nSPS) is 17.2. The second-order valence-corrected chi connectivity index (χ2v) is 6.51. The molecule has 1 fully saturated rings. The minimum atomic E-state index is 0.836. The van der Waals surface area contributed by atoms with Gasteiger partial charge in [0.1, 0.15) is 0 Å².